The minimum Gasteiger partial charge on any atom is -0.318 e. The fourth-order valence-corrected chi connectivity index (χ4v) is 3.24. The van der Waals surface area contributed by atoms with Gasteiger partial charge in [0.15, 0.2) is 0 Å². The van der Waals surface area contributed by atoms with Gasteiger partial charge in [0.1, 0.15) is 5.82 Å². The van der Waals surface area contributed by atoms with Crippen molar-refractivity contribution >= 4 is 23.5 Å². The molecule has 1 N–H and O–H groups in total. The molecule has 2 aromatic rings. The molecule has 0 saturated heterocycles. The molecule has 3 heterocycles. The fraction of sp³-hybridized carbons (Fsp3) is 0.308. The van der Waals surface area contributed by atoms with E-state index < -0.39 is 0 Å². The molecule has 1 amide bonds. The maximum atomic E-state index is 12.3. The lowest BCUT2D eigenvalue weighted by Crippen LogP contribution is -2.20. The highest BCUT2D eigenvalue weighted by Gasteiger charge is 2.22. The summed E-state index contributed by atoms with van der Waals surface area (Å²) in [7, 11) is 3.44. The van der Waals surface area contributed by atoms with Crippen molar-refractivity contribution in [3.8, 4) is 0 Å². The van der Waals surface area contributed by atoms with Crippen LogP contribution in [-0.2, 0) is 25.6 Å². The van der Waals surface area contributed by atoms with E-state index in [1.54, 1.807) is 23.5 Å². The van der Waals surface area contributed by atoms with E-state index in [1.165, 1.54) is 22.9 Å². The van der Waals surface area contributed by atoms with Crippen molar-refractivity contribution in [1.29, 1.82) is 0 Å². The second kappa shape index (κ2) is 4.82. The summed E-state index contributed by atoms with van der Waals surface area (Å²) in [6.07, 6.45) is 1.53. The number of hydrogen-bond acceptors (Lipinski definition) is 4. The van der Waals surface area contributed by atoms with Gasteiger partial charge in [0.2, 0.25) is 5.56 Å². The van der Waals surface area contributed by atoms with E-state index in [0.717, 1.165) is 28.6 Å². The van der Waals surface area contributed by atoms with Crippen LogP contribution in [0.2, 0.25) is 0 Å². The van der Waals surface area contributed by atoms with Crippen LogP contribution in [0.5, 0.6) is 0 Å². The lowest BCUT2D eigenvalue weighted by Gasteiger charge is -2.08. The summed E-state index contributed by atoms with van der Waals surface area (Å²) in [5, 5.41) is 7.28. The highest BCUT2D eigenvalue weighted by Crippen LogP contribution is 2.34. The van der Waals surface area contributed by atoms with Gasteiger partial charge in [-0.1, -0.05) is 0 Å². The van der Waals surface area contributed by atoms with Gasteiger partial charge in [-0.3, -0.25) is 14.3 Å². The minimum atomic E-state index is -0.233. The number of carbonyl (C=O) groups is 1. The van der Waals surface area contributed by atoms with Crippen LogP contribution < -0.4 is 10.9 Å². The number of amides is 1. The Morgan fingerprint density at radius 2 is 2.15 bits per heavy atom. The van der Waals surface area contributed by atoms with E-state index >= 15 is 0 Å². The van der Waals surface area contributed by atoms with Gasteiger partial charge in [0, 0.05) is 43.4 Å². The van der Waals surface area contributed by atoms with Crippen LogP contribution in [0.4, 0.5) is 5.82 Å². The molecule has 104 valence electrons. The smallest absolute Gasteiger partial charge is 0.258 e. The van der Waals surface area contributed by atoms with Crippen LogP contribution in [0.3, 0.4) is 0 Å². The van der Waals surface area contributed by atoms with E-state index in [4.69, 9.17) is 0 Å². The third-order valence-electron chi connectivity index (χ3n) is 3.29. The standard InChI is InChI=1S/C13H14N4O2S/c1-16-5-8(3-4-11(16)18)13(19)14-12-9-6-20-7-10(9)15-17(12)2/h3-5H,6-7H2,1-2H3,(H,14,19). The number of aromatic nitrogens is 3. The van der Waals surface area contributed by atoms with Gasteiger partial charge >= 0.3 is 0 Å². The molecule has 0 saturated carbocycles. The third-order valence-corrected chi connectivity index (χ3v) is 4.26. The molecule has 0 bridgehead atoms. The Labute approximate surface area is 119 Å². The maximum Gasteiger partial charge on any atom is 0.258 e. The van der Waals surface area contributed by atoms with Crippen molar-refractivity contribution in [2.45, 2.75) is 11.5 Å². The van der Waals surface area contributed by atoms with Gasteiger partial charge in [-0.05, 0) is 6.07 Å². The van der Waals surface area contributed by atoms with Gasteiger partial charge < -0.3 is 9.88 Å². The number of anilines is 1. The van der Waals surface area contributed by atoms with E-state index in [1.807, 2.05) is 7.05 Å². The Hall–Kier alpha value is -2.02. The largest absolute Gasteiger partial charge is 0.318 e. The Morgan fingerprint density at radius 3 is 2.90 bits per heavy atom. The topological polar surface area (TPSA) is 68.9 Å². The zero-order valence-corrected chi connectivity index (χ0v) is 12.0. The Morgan fingerprint density at radius 1 is 1.35 bits per heavy atom. The summed E-state index contributed by atoms with van der Waals surface area (Å²) in [6, 6.07) is 2.92. The summed E-state index contributed by atoms with van der Waals surface area (Å²) in [5.41, 5.74) is 2.44. The summed E-state index contributed by atoms with van der Waals surface area (Å²) in [4.78, 5) is 23.6. The number of rotatable bonds is 2. The first kappa shape index (κ1) is 13.0. The van der Waals surface area contributed by atoms with E-state index in [0.29, 0.717) is 5.56 Å². The van der Waals surface area contributed by atoms with Gasteiger partial charge in [-0.15, -0.1) is 0 Å². The Bertz CT molecular complexity index is 747. The molecule has 0 unspecified atom stereocenters. The SMILES string of the molecule is Cn1nc2c(c1NC(=O)c1ccc(=O)n(C)c1)CSC2. The number of nitrogens with zero attached hydrogens (tertiary/aromatic N) is 3. The fourth-order valence-electron chi connectivity index (χ4n) is 2.21. The number of thioether (sulfide) groups is 1. The Kier molecular flexibility index (Phi) is 3.13. The number of hydrogen-bond donors (Lipinski definition) is 1. The number of pyridine rings is 1. The number of carbonyl (C=O) groups excluding carboxylic acids is 1. The van der Waals surface area contributed by atoms with E-state index in [2.05, 4.69) is 10.4 Å². The molecule has 0 atom stereocenters. The van der Waals surface area contributed by atoms with Crippen molar-refractivity contribution in [3.05, 3.63) is 45.5 Å². The van der Waals surface area contributed by atoms with Crippen LogP contribution >= 0.6 is 11.8 Å². The number of nitrogens with one attached hydrogen (secondary N) is 1. The zero-order valence-electron chi connectivity index (χ0n) is 11.2. The molecule has 1 aliphatic heterocycles. The van der Waals surface area contributed by atoms with E-state index in [9.17, 15) is 9.59 Å². The second-order valence-corrected chi connectivity index (χ2v) is 5.70. The lowest BCUT2D eigenvalue weighted by molar-refractivity contribution is 0.102. The van der Waals surface area contributed by atoms with Gasteiger partial charge in [-0.2, -0.15) is 16.9 Å². The molecule has 7 heteroatoms. The summed E-state index contributed by atoms with van der Waals surface area (Å²) in [5.74, 6) is 2.26. The molecule has 0 aromatic carbocycles. The molecule has 0 aliphatic carbocycles. The monoisotopic (exact) mass is 290 g/mol. The normalized spacial score (nSPS) is 13.3. The predicted octanol–water partition coefficient (Wildman–Crippen LogP) is 1.12. The minimum absolute atomic E-state index is 0.139. The molecular weight excluding hydrogens is 276 g/mol. The van der Waals surface area contributed by atoms with Crippen molar-refractivity contribution in [2.24, 2.45) is 14.1 Å². The quantitative estimate of drug-likeness (QED) is 0.900. The van der Waals surface area contributed by atoms with Crippen LogP contribution in [-0.4, -0.2) is 20.3 Å². The molecule has 1 aliphatic rings. The van der Waals surface area contributed by atoms with Gasteiger partial charge in [-0.25, -0.2) is 0 Å². The molecule has 0 radical (unpaired) electrons. The molecule has 20 heavy (non-hydrogen) atoms. The van der Waals surface area contributed by atoms with Crippen LogP contribution in [0.1, 0.15) is 21.6 Å². The molecule has 0 fully saturated rings. The Balaban J connectivity index is 1.89. The van der Waals surface area contributed by atoms with Crippen molar-refractivity contribution < 1.29 is 4.79 Å². The molecule has 2 aromatic heterocycles. The first-order valence-electron chi connectivity index (χ1n) is 6.17. The first-order valence-corrected chi connectivity index (χ1v) is 7.32. The van der Waals surface area contributed by atoms with Crippen molar-refractivity contribution in [2.75, 3.05) is 5.32 Å². The van der Waals surface area contributed by atoms with Crippen molar-refractivity contribution in [1.82, 2.24) is 14.3 Å². The molecule has 6 nitrogen and oxygen atoms in total. The average Bonchev–Trinajstić information content (AvgIpc) is 2.96. The molecule has 3 rings (SSSR count). The highest BCUT2D eigenvalue weighted by molar-refractivity contribution is 7.98. The second-order valence-electron chi connectivity index (χ2n) is 4.71. The first-order chi connectivity index (χ1) is 9.56. The molecular formula is C13H14N4O2S. The van der Waals surface area contributed by atoms with Crippen LogP contribution in [0.25, 0.3) is 0 Å². The number of aryl methyl sites for hydroxylation is 2. The average molecular weight is 290 g/mol. The van der Waals surface area contributed by atoms with Crippen LogP contribution in [0.15, 0.2) is 23.1 Å². The predicted molar refractivity (Wildman–Crippen MR) is 77.8 cm³/mol. The summed E-state index contributed by atoms with van der Waals surface area (Å²) < 4.78 is 3.09. The number of fused-ring (bicyclic) bond motifs is 1. The van der Waals surface area contributed by atoms with Crippen molar-refractivity contribution in [3.63, 3.8) is 0 Å². The third kappa shape index (κ3) is 2.14. The van der Waals surface area contributed by atoms with Gasteiger partial charge in [0.05, 0.1) is 11.3 Å². The summed E-state index contributed by atoms with van der Waals surface area (Å²) >= 11 is 1.79. The van der Waals surface area contributed by atoms with Gasteiger partial charge in [0.25, 0.3) is 5.91 Å². The maximum absolute atomic E-state index is 12.3. The molecule has 0 spiro atoms. The zero-order chi connectivity index (χ0) is 14.3. The van der Waals surface area contributed by atoms with E-state index in [-0.39, 0.29) is 11.5 Å². The summed E-state index contributed by atoms with van der Waals surface area (Å²) in [6.45, 7) is 0. The highest BCUT2D eigenvalue weighted by atomic mass is 32.2. The lowest BCUT2D eigenvalue weighted by atomic mass is 10.2. The van der Waals surface area contributed by atoms with Crippen LogP contribution in [0, 0.1) is 0 Å².